The highest BCUT2D eigenvalue weighted by atomic mass is 16.3. The SMILES string of the molecule is CCN(CCO)c1cc(N)nc(C(C)(C)C)n1. The van der Waals surface area contributed by atoms with Crippen molar-refractivity contribution in [2.45, 2.75) is 33.1 Å². The number of aliphatic hydroxyl groups is 1. The molecule has 96 valence electrons. The molecule has 0 fully saturated rings. The highest BCUT2D eigenvalue weighted by Crippen LogP contribution is 2.22. The predicted octanol–water partition coefficient (Wildman–Crippen LogP) is 1.17. The van der Waals surface area contributed by atoms with Crippen LogP contribution < -0.4 is 10.6 Å². The van der Waals surface area contributed by atoms with Crippen molar-refractivity contribution in [2.24, 2.45) is 0 Å². The number of nitrogens with two attached hydrogens (primary N) is 1. The summed E-state index contributed by atoms with van der Waals surface area (Å²) < 4.78 is 0. The summed E-state index contributed by atoms with van der Waals surface area (Å²) in [6, 6.07) is 1.74. The Balaban J connectivity index is 3.12. The number of nitrogens with zero attached hydrogens (tertiary/aromatic N) is 3. The molecular formula is C12H22N4O. The summed E-state index contributed by atoms with van der Waals surface area (Å²) in [6.45, 7) is 9.60. The molecule has 0 aliphatic rings. The van der Waals surface area contributed by atoms with E-state index >= 15 is 0 Å². The van der Waals surface area contributed by atoms with E-state index in [1.807, 2.05) is 32.6 Å². The van der Waals surface area contributed by atoms with Crippen molar-refractivity contribution >= 4 is 11.6 Å². The van der Waals surface area contributed by atoms with Crippen LogP contribution in [0.5, 0.6) is 0 Å². The highest BCUT2D eigenvalue weighted by Gasteiger charge is 2.19. The van der Waals surface area contributed by atoms with Gasteiger partial charge in [-0.15, -0.1) is 0 Å². The average Bonchev–Trinajstić information content (AvgIpc) is 2.23. The van der Waals surface area contributed by atoms with E-state index in [9.17, 15) is 0 Å². The smallest absolute Gasteiger partial charge is 0.138 e. The lowest BCUT2D eigenvalue weighted by Crippen LogP contribution is -2.29. The van der Waals surface area contributed by atoms with Gasteiger partial charge in [0.2, 0.25) is 0 Å². The Morgan fingerprint density at radius 3 is 2.47 bits per heavy atom. The third-order valence-corrected chi connectivity index (χ3v) is 2.48. The van der Waals surface area contributed by atoms with Gasteiger partial charge in [-0.05, 0) is 6.92 Å². The number of rotatable bonds is 4. The van der Waals surface area contributed by atoms with E-state index in [0.29, 0.717) is 12.4 Å². The number of aliphatic hydroxyl groups excluding tert-OH is 1. The fraction of sp³-hybridized carbons (Fsp3) is 0.667. The van der Waals surface area contributed by atoms with Crippen LogP contribution in [0, 0.1) is 0 Å². The molecule has 17 heavy (non-hydrogen) atoms. The largest absolute Gasteiger partial charge is 0.395 e. The van der Waals surface area contributed by atoms with Crippen LogP contribution in [0.3, 0.4) is 0 Å². The van der Waals surface area contributed by atoms with Gasteiger partial charge < -0.3 is 15.7 Å². The summed E-state index contributed by atoms with van der Waals surface area (Å²) in [5.41, 5.74) is 5.67. The number of likely N-dealkylation sites (N-methyl/N-ethyl adjacent to an activating group) is 1. The summed E-state index contributed by atoms with van der Waals surface area (Å²) >= 11 is 0. The Hall–Kier alpha value is -1.36. The van der Waals surface area contributed by atoms with Gasteiger partial charge in [0.25, 0.3) is 0 Å². The van der Waals surface area contributed by atoms with Crippen molar-refractivity contribution in [3.63, 3.8) is 0 Å². The van der Waals surface area contributed by atoms with Crippen LogP contribution in [-0.2, 0) is 5.41 Å². The summed E-state index contributed by atoms with van der Waals surface area (Å²) in [5, 5.41) is 9.01. The molecule has 1 heterocycles. The molecule has 0 aliphatic heterocycles. The first-order valence-corrected chi connectivity index (χ1v) is 5.89. The topological polar surface area (TPSA) is 75.3 Å². The Morgan fingerprint density at radius 2 is 2.00 bits per heavy atom. The van der Waals surface area contributed by atoms with Gasteiger partial charge in [-0.2, -0.15) is 0 Å². The van der Waals surface area contributed by atoms with Crippen molar-refractivity contribution in [3.8, 4) is 0 Å². The summed E-state index contributed by atoms with van der Waals surface area (Å²) in [7, 11) is 0. The molecule has 0 aliphatic carbocycles. The molecule has 5 nitrogen and oxygen atoms in total. The van der Waals surface area contributed by atoms with E-state index in [-0.39, 0.29) is 12.0 Å². The standard InChI is InChI=1S/C12H22N4O/c1-5-16(6-7-17)10-8-9(13)14-11(15-10)12(2,3)4/h8,17H,5-7H2,1-4H3,(H2,13,14,15). The van der Waals surface area contributed by atoms with Gasteiger partial charge in [0, 0.05) is 24.6 Å². The lowest BCUT2D eigenvalue weighted by atomic mass is 9.96. The molecule has 0 amide bonds. The molecular weight excluding hydrogens is 216 g/mol. The van der Waals surface area contributed by atoms with Crippen molar-refractivity contribution in [2.75, 3.05) is 30.3 Å². The monoisotopic (exact) mass is 238 g/mol. The van der Waals surface area contributed by atoms with E-state index in [2.05, 4.69) is 9.97 Å². The van der Waals surface area contributed by atoms with E-state index in [4.69, 9.17) is 10.8 Å². The molecule has 1 aromatic rings. The number of aromatic nitrogens is 2. The minimum atomic E-state index is -0.136. The van der Waals surface area contributed by atoms with E-state index in [0.717, 1.165) is 18.2 Å². The molecule has 0 saturated carbocycles. The molecule has 0 saturated heterocycles. The molecule has 3 N–H and O–H groups in total. The van der Waals surface area contributed by atoms with E-state index in [1.54, 1.807) is 6.07 Å². The number of nitrogen functional groups attached to an aromatic ring is 1. The minimum Gasteiger partial charge on any atom is -0.395 e. The molecule has 0 bridgehead atoms. The molecule has 0 radical (unpaired) electrons. The molecule has 0 aromatic carbocycles. The van der Waals surface area contributed by atoms with Gasteiger partial charge in [-0.1, -0.05) is 20.8 Å². The zero-order chi connectivity index (χ0) is 13.1. The predicted molar refractivity (Wildman–Crippen MR) is 70.1 cm³/mol. The lowest BCUT2D eigenvalue weighted by molar-refractivity contribution is 0.302. The lowest BCUT2D eigenvalue weighted by Gasteiger charge is -2.24. The Labute approximate surface area is 103 Å². The van der Waals surface area contributed by atoms with Crippen LogP contribution >= 0.6 is 0 Å². The molecule has 1 rings (SSSR count). The van der Waals surface area contributed by atoms with Gasteiger partial charge in [0.05, 0.1) is 6.61 Å². The quantitative estimate of drug-likeness (QED) is 0.823. The van der Waals surface area contributed by atoms with Crippen LogP contribution in [0.1, 0.15) is 33.5 Å². The van der Waals surface area contributed by atoms with Crippen molar-refractivity contribution < 1.29 is 5.11 Å². The molecule has 0 spiro atoms. The van der Waals surface area contributed by atoms with Gasteiger partial charge in [0.1, 0.15) is 17.5 Å². The van der Waals surface area contributed by atoms with Gasteiger partial charge in [-0.25, -0.2) is 9.97 Å². The molecule has 0 atom stereocenters. The van der Waals surface area contributed by atoms with Crippen LogP contribution in [0.4, 0.5) is 11.6 Å². The second-order valence-electron chi connectivity index (χ2n) is 5.03. The van der Waals surface area contributed by atoms with Crippen LogP contribution in [-0.4, -0.2) is 34.8 Å². The van der Waals surface area contributed by atoms with Crippen LogP contribution in [0.2, 0.25) is 0 Å². The maximum Gasteiger partial charge on any atom is 0.138 e. The first kappa shape index (κ1) is 13.7. The fourth-order valence-electron chi connectivity index (χ4n) is 1.51. The zero-order valence-electron chi connectivity index (χ0n) is 11.1. The summed E-state index contributed by atoms with van der Waals surface area (Å²) in [6.07, 6.45) is 0. The number of anilines is 2. The van der Waals surface area contributed by atoms with Gasteiger partial charge in [0.15, 0.2) is 0 Å². The van der Waals surface area contributed by atoms with Crippen LogP contribution in [0.15, 0.2) is 6.07 Å². The second kappa shape index (κ2) is 5.31. The maximum atomic E-state index is 9.01. The van der Waals surface area contributed by atoms with Gasteiger partial charge in [-0.3, -0.25) is 0 Å². The Morgan fingerprint density at radius 1 is 1.35 bits per heavy atom. The number of hydrogen-bond donors (Lipinski definition) is 2. The maximum absolute atomic E-state index is 9.01. The van der Waals surface area contributed by atoms with Crippen LogP contribution in [0.25, 0.3) is 0 Å². The number of hydrogen-bond acceptors (Lipinski definition) is 5. The van der Waals surface area contributed by atoms with E-state index in [1.165, 1.54) is 0 Å². The van der Waals surface area contributed by atoms with Crippen molar-refractivity contribution in [1.29, 1.82) is 0 Å². The second-order valence-corrected chi connectivity index (χ2v) is 5.03. The average molecular weight is 238 g/mol. The third-order valence-electron chi connectivity index (χ3n) is 2.48. The molecule has 0 unspecified atom stereocenters. The Kier molecular flexibility index (Phi) is 4.28. The minimum absolute atomic E-state index is 0.0998. The first-order chi connectivity index (χ1) is 7.88. The van der Waals surface area contributed by atoms with Crippen molar-refractivity contribution in [1.82, 2.24) is 9.97 Å². The van der Waals surface area contributed by atoms with E-state index < -0.39 is 0 Å². The molecule has 1 aromatic heterocycles. The fourth-order valence-corrected chi connectivity index (χ4v) is 1.51. The highest BCUT2D eigenvalue weighted by molar-refractivity contribution is 5.47. The Bertz CT molecular complexity index is 373. The third kappa shape index (κ3) is 3.56. The van der Waals surface area contributed by atoms with Crippen molar-refractivity contribution in [3.05, 3.63) is 11.9 Å². The summed E-state index contributed by atoms with van der Waals surface area (Å²) in [5.74, 6) is 1.97. The van der Waals surface area contributed by atoms with Gasteiger partial charge >= 0.3 is 0 Å². The first-order valence-electron chi connectivity index (χ1n) is 5.89. The molecule has 5 heteroatoms. The zero-order valence-corrected chi connectivity index (χ0v) is 11.1. The summed E-state index contributed by atoms with van der Waals surface area (Å²) in [4.78, 5) is 10.8. The normalized spacial score (nSPS) is 11.6.